The van der Waals surface area contributed by atoms with Crippen molar-refractivity contribution in [2.24, 2.45) is 0 Å². The van der Waals surface area contributed by atoms with Gasteiger partial charge < -0.3 is 4.90 Å². The Kier molecular flexibility index (Phi) is 4.55. The molecule has 0 radical (unpaired) electrons. The maximum Gasteiger partial charge on any atom is 0.132 e. The van der Waals surface area contributed by atoms with Crippen LogP contribution in [0.1, 0.15) is 11.3 Å². The van der Waals surface area contributed by atoms with Crippen LogP contribution in [0, 0.1) is 6.92 Å². The molecule has 1 aromatic carbocycles. The van der Waals surface area contributed by atoms with Gasteiger partial charge in [-0.3, -0.25) is 9.88 Å². The summed E-state index contributed by atoms with van der Waals surface area (Å²) in [6.07, 6.45) is 1.72. The quantitative estimate of drug-likeness (QED) is 0.715. The number of rotatable bonds is 3. The number of hydrogen-bond acceptors (Lipinski definition) is 4. The van der Waals surface area contributed by atoms with Gasteiger partial charge in [0.15, 0.2) is 0 Å². The Bertz CT molecular complexity index is 871. The highest BCUT2D eigenvalue weighted by Crippen LogP contribution is 2.24. The lowest BCUT2D eigenvalue weighted by Crippen LogP contribution is -2.46. The normalized spacial score (nSPS) is 15.7. The third kappa shape index (κ3) is 3.60. The molecule has 0 saturated carbocycles. The third-order valence-electron chi connectivity index (χ3n) is 4.73. The van der Waals surface area contributed by atoms with Gasteiger partial charge in [0, 0.05) is 44.3 Å². The van der Waals surface area contributed by atoms with Crippen molar-refractivity contribution in [2.75, 3.05) is 31.1 Å². The van der Waals surface area contributed by atoms with Crippen LogP contribution >= 0.6 is 11.6 Å². The molecule has 128 valence electrons. The second-order valence-corrected chi connectivity index (χ2v) is 6.99. The molecule has 0 spiro atoms. The Morgan fingerprint density at radius 3 is 2.60 bits per heavy atom. The molecule has 2 aromatic heterocycles. The van der Waals surface area contributed by atoms with Gasteiger partial charge in [0.2, 0.25) is 0 Å². The zero-order valence-corrected chi connectivity index (χ0v) is 15.1. The number of halogens is 1. The molecule has 1 aliphatic heterocycles. The highest BCUT2D eigenvalue weighted by Gasteiger charge is 2.20. The van der Waals surface area contributed by atoms with E-state index in [2.05, 4.69) is 46.0 Å². The van der Waals surface area contributed by atoms with E-state index in [0.29, 0.717) is 5.02 Å². The zero-order chi connectivity index (χ0) is 17.2. The fraction of sp³-hybridized carbons (Fsp3) is 0.300. The number of aryl methyl sites for hydroxylation is 1. The lowest BCUT2D eigenvalue weighted by atomic mass is 10.1. The minimum Gasteiger partial charge on any atom is -0.354 e. The Morgan fingerprint density at radius 1 is 1.04 bits per heavy atom. The van der Waals surface area contributed by atoms with Crippen molar-refractivity contribution in [3.8, 4) is 0 Å². The van der Waals surface area contributed by atoms with Gasteiger partial charge in [-0.2, -0.15) is 0 Å². The topological polar surface area (TPSA) is 32.3 Å². The minimum absolute atomic E-state index is 0.687. The fourth-order valence-corrected chi connectivity index (χ4v) is 3.49. The maximum absolute atomic E-state index is 5.91. The smallest absolute Gasteiger partial charge is 0.132 e. The van der Waals surface area contributed by atoms with Crippen molar-refractivity contribution >= 4 is 28.3 Å². The van der Waals surface area contributed by atoms with E-state index in [4.69, 9.17) is 16.6 Å². The Balaban J connectivity index is 1.45. The van der Waals surface area contributed by atoms with Gasteiger partial charge in [-0.05, 0) is 36.8 Å². The van der Waals surface area contributed by atoms with Gasteiger partial charge in [-0.1, -0.05) is 29.8 Å². The highest BCUT2D eigenvalue weighted by molar-refractivity contribution is 6.30. The van der Waals surface area contributed by atoms with E-state index in [1.807, 2.05) is 18.2 Å². The number of benzene rings is 1. The molecule has 0 aliphatic carbocycles. The Labute approximate surface area is 153 Å². The van der Waals surface area contributed by atoms with Crippen LogP contribution in [0.25, 0.3) is 10.9 Å². The standard InChI is InChI=1S/C20H21ClN4/c1-15-12-16-4-2-3-5-19(16)23-20(15)25-10-8-24(9-11-25)14-18-7-6-17(21)13-22-18/h2-7,12-13H,8-11,14H2,1H3. The Hall–Kier alpha value is -2.17. The molecule has 0 unspecified atom stereocenters. The largest absolute Gasteiger partial charge is 0.354 e. The van der Waals surface area contributed by atoms with Crippen molar-refractivity contribution < 1.29 is 0 Å². The van der Waals surface area contributed by atoms with E-state index < -0.39 is 0 Å². The van der Waals surface area contributed by atoms with E-state index in [9.17, 15) is 0 Å². The second-order valence-electron chi connectivity index (χ2n) is 6.55. The first-order valence-electron chi connectivity index (χ1n) is 8.63. The van der Waals surface area contributed by atoms with Crippen LogP contribution in [0.5, 0.6) is 0 Å². The molecule has 0 bridgehead atoms. The molecule has 3 heterocycles. The number of anilines is 1. The first-order chi connectivity index (χ1) is 12.2. The molecule has 4 nitrogen and oxygen atoms in total. The molecule has 25 heavy (non-hydrogen) atoms. The summed E-state index contributed by atoms with van der Waals surface area (Å²) in [7, 11) is 0. The van der Waals surface area contributed by atoms with Crippen molar-refractivity contribution in [2.45, 2.75) is 13.5 Å². The van der Waals surface area contributed by atoms with E-state index in [1.165, 1.54) is 10.9 Å². The maximum atomic E-state index is 5.91. The number of para-hydroxylation sites is 1. The van der Waals surface area contributed by atoms with Crippen LogP contribution in [0.3, 0.4) is 0 Å². The SMILES string of the molecule is Cc1cc2ccccc2nc1N1CCN(Cc2ccc(Cl)cn2)CC1. The van der Waals surface area contributed by atoms with Gasteiger partial charge in [0.1, 0.15) is 5.82 Å². The number of fused-ring (bicyclic) bond motifs is 1. The number of hydrogen-bond donors (Lipinski definition) is 0. The first-order valence-corrected chi connectivity index (χ1v) is 9.01. The Morgan fingerprint density at radius 2 is 1.84 bits per heavy atom. The lowest BCUT2D eigenvalue weighted by Gasteiger charge is -2.36. The molecule has 0 atom stereocenters. The molecule has 0 N–H and O–H groups in total. The minimum atomic E-state index is 0.687. The number of pyridine rings is 2. The number of aromatic nitrogens is 2. The van der Waals surface area contributed by atoms with Gasteiger partial charge in [-0.25, -0.2) is 4.98 Å². The van der Waals surface area contributed by atoms with Crippen molar-refractivity contribution in [1.82, 2.24) is 14.9 Å². The summed E-state index contributed by atoms with van der Waals surface area (Å²) in [6.45, 7) is 7.02. The average Bonchev–Trinajstić information content (AvgIpc) is 2.64. The molecule has 3 aromatic rings. The first kappa shape index (κ1) is 16.3. The predicted molar refractivity (Wildman–Crippen MR) is 103 cm³/mol. The molecular formula is C20H21ClN4. The third-order valence-corrected chi connectivity index (χ3v) is 4.96. The molecule has 1 saturated heterocycles. The van der Waals surface area contributed by atoms with Gasteiger partial charge >= 0.3 is 0 Å². The van der Waals surface area contributed by atoms with Crippen molar-refractivity contribution in [3.05, 3.63) is 64.9 Å². The second kappa shape index (κ2) is 6.98. The summed E-state index contributed by atoms with van der Waals surface area (Å²) in [5.41, 5.74) is 3.38. The van der Waals surface area contributed by atoms with Crippen molar-refractivity contribution in [3.63, 3.8) is 0 Å². The molecule has 1 aliphatic rings. The van der Waals surface area contributed by atoms with Crippen LogP contribution in [0.2, 0.25) is 5.02 Å². The van der Waals surface area contributed by atoms with Crippen LogP contribution in [0.4, 0.5) is 5.82 Å². The molecule has 4 rings (SSSR count). The van der Waals surface area contributed by atoms with E-state index in [-0.39, 0.29) is 0 Å². The summed E-state index contributed by atoms with van der Waals surface area (Å²) in [5, 5.41) is 1.89. The van der Waals surface area contributed by atoms with E-state index >= 15 is 0 Å². The molecule has 5 heteroatoms. The summed E-state index contributed by atoms with van der Waals surface area (Å²) in [5.74, 6) is 1.11. The molecule has 0 amide bonds. The van der Waals surface area contributed by atoms with Crippen molar-refractivity contribution in [1.29, 1.82) is 0 Å². The van der Waals surface area contributed by atoms with E-state index in [0.717, 1.165) is 49.8 Å². The molecular weight excluding hydrogens is 332 g/mol. The zero-order valence-electron chi connectivity index (χ0n) is 14.3. The van der Waals surface area contributed by atoms with Crippen LogP contribution in [0.15, 0.2) is 48.7 Å². The van der Waals surface area contributed by atoms with Gasteiger partial charge in [0.05, 0.1) is 16.2 Å². The summed E-state index contributed by atoms with van der Waals surface area (Å²) in [4.78, 5) is 14.1. The lowest BCUT2D eigenvalue weighted by molar-refractivity contribution is 0.246. The number of piperazine rings is 1. The summed E-state index contributed by atoms with van der Waals surface area (Å²) in [6, 6.07) is 14.5. The van der Waals surface area contributed by atoms with Crippen LogP contribution in [-0.2, 0) is 6.54 Å². The predicted octanol–water partition coefficient (Wildman–Crippen LogP) is 3.91. The highest BCUT2D eigenvalue weighted by atomic mass is 35.5. The summed E-state index contributed by atoms with van der Waals surface area (Å²) < 4.78 is 0. The van der Waals surface area contributed by atoms with Gasteiger partial charge in [0.25, 0.3) is 0 Å². The number of nitrogens with zero attached hydrogens (tertiary/aromatic N) is 4. The molecule has 1 fully saturated rings. The van der Waals surface area contributed by atoms with Crippen LogP contribution in [-0.4, -0.2) is 41.0 Å². The van der Waals surface area contributed by atoms with Crippen LogP contribution < -0.4 is 4.90 Å². The van der Waals surface area contributed by atoms with E-state index in [1.54, 1.807) is 6.20 Å². The van der Waals surface area contributed by atoms with Gasteiger partial charge in [-0.15, -0.1) is 0 Å². The summed E-state index contributed by atoms with van der Waals surface area (Å²) >= 11 is 5.91. The monoisotopic (exact) mass is 352 g/mol. The average molecular weight is 353 g/mol. The fourth-order valence-electron chi connectivity index (χ4n) is 3.38.